The van der Waals surface area contributed by atoms with Crippen molar-refractivity contribution < 1.29 is 23.1 Å². The van der Waals surface area contributed by atoms with Crippen LogP contribution in [0.15, 0.2) is 0 Å². The molecule has 1 aromatic heterocycles. The van der Waals surface area contributed by atoms with E-state index < -0.39 is 16.0 Å². The van der Waals surface area contributed by atoms with Crippen molar-refractivity contribution in [3.05, 3.63) is 16.0 Å². The zero-order chi connectivity index (χ0) is 14.8. The maximum absolute atomic E-state index is 11.9. The third-order valence-corrected chi connectivity index (χ3v) is 5.64. The highest BCUT2D eigenvalue weighted by Gasteiger charge is 2.28. The number of nitrogens with one attached hydrogen (secondary N) is 1. The normalized spacial score (nSPS) is 14.2. The van der Waals surface area contributed by atoms with E-state index in [9.17, 15) is 18.3 Å². The fourth-order valence-electron chi connectivity index (χ4n) is 2.21. The SMILES string of the molecule is CCOCCS(=O)(=O)Nc1sc2c(c1C(=O)O)CCC2. The molecule has 1 aliphatic rings. The van der Waals surface area contributed by atoms with Crippen molar-refractivity contribution in [3.8, 4) is 0 Å². The van der Waals surface area contributed by atoms with Crippen LogP contribution in [0.4, 0.5) is 5.00 Å². The van der Waals surface area contributed by atoms with Crippen LogP contribution in [0.5, 0.6) is 0 Å². The van der Waals surface area contributed by atoms with Crippen LogP contribution >= 0.6 is 11.3 Å². The van der Waals surface area contributed by atoms with Crippen LogP contribution in [0.2, 0.25) is 0 Å². The molecule has 0 atom stereocenters. The Hall–Kier alpha value is -1.12. The average molecular weight is 319 g/mol. The molecule has 8 heteroatoms. The maximum Gasteiger partial charge on any atom is 0.339 e. The summed E-state index contributed by atoms with van der Waals surface area (Å²) in [5, 5.41) is 9.50. The molecule has 1 aromatic rings. The molecular formula is C12H17NO5S2. The molecule has 20 heavy (non-hydrogen) atoms. The molecule has 0 fully saturated rings. The van der Waals surface area contributed by atoms with Crippen LogP contribution in [-0.4, -0.2) is 38.5 Å². The van der Waals surface area contributed by atoms with E-state index in [1.807, 2.05) is 0 Å². The number of anilines is 1. The van der Waals surface area contributed by atoms with Crippen molar-refractivity contribution in [3.63, 3.8) is 0 Å². The highest BCUT2D eigenvalue weighted by atomic mass is 32.2. The van der Waals surface area contributed by atoms with Gasteiger partial charge in [0.25, 0.3) is 0 Å². The largest absolute Gasteiger partial charge is 0.478 e. The minimum absolute atomic E-state index is 0.0966. The van der Waals surface area contributed by atoms with Gasteiger partial charge >= 0.3 is 5.97 Å². The summed E-state index contributed by atoms with van der Waals surface area (Å²) in [6.45, 7) is 2.33. The van der Waals surface area contributed by atoms with Gasteiger partial charge in [0.05, 0.1) is 17.9 Å². The number of hydrogen-bond donors (Lipinski definition) is 2. The molecule has 0 unspecified atom stereocenters. The van der Waals surface area contributed by atoms with Crippen LogP contribution in [0.25, 0.3) is 0 Å². The predicted molar refractivity (Wildman–Crippen MR) is 77.2 cm³/mol. The lowest BCUT2D eigenvalue weighted by Gasteiger charge is -2.08. The first-order chi connectivity index (χ1) is 9.44. The maximum atomic E-state index is 11.9. The topological polar surface area (TPSA) is 92.7 Å². The van der Waals surface area contributed by atoms with Crippen molar-refractivity contribution in [1.29, 1.82) is 0 Å². The van der Waals surface area contributed by atoms with Gasteiger partial charge in [0.1, 0.15) is 5.00 Å². The van der Waals surface area contributed by atoms with Gasteiger partial charge in [-0.3, -0.25) is 4.72 Å². The number of fused-ring (bicyclic) bond motifs is 1. The zero-order valence-corrected chi connectivity index (χ0v) is 12.8. The smallest absolute Gasteiger partial charge is 0.339 e. The monoisotopic (exact) mass is 319 g/mol. The van der Waals surface area contributed by atoms with Gasteiger partial charge in [-0.1, -0.05) is 0 Å². The summed E-state index contributed by atoms with van der Waals surface area (Å²) in [5.74, 6) is -1.26. The van der Waals surface area contributed by atoms with Gasteiger partial charge < -0.3 is 9.84 Å². The summed E-state index contributed by atoms with van der Waals surface area (Å²) >= 11 is 1.23. The Kier molecular flexibility index (Phi) is 4.66. The quantitative estimate of drug-likeness (QED) is 0.746. The van der Waals surface area contributed by atoms with Gasteiger partial charge in [-0.15, -0.1) is 11.3 Å². The fourth-order valence-corrected chi connectivity index (χ4v) is 4.71. The number of aromatic carboxylic acids is 1. The van der Waals surface area contributed by atoms with Crippen molar-refractivity contribution in [2.24, 2.45) is 0 Å². The Labute approximate surface area is 121 Å². The number of ether oxygens (including phenoxy) is 1. The van der Waals surface area contributed by atoms with Crippen molar-refractivity contribution in [1.82, 2.24) is 0 Å². The van der Waals surface area contributed by atoms with E-state index >= 15 is 0 Å². The van der Waals surface area contributed by atoms with Gasteiger partial charge in [0.15, 0.2) is 0 Å². The van der Waals surface area contributed by atoms with Gasteiger partial charge in [0.2, 0.25) is 10.0 Å². The number of thiophene rings is 1. The molecule has 0 bridgehead atoms. The molecule has 0 aliphatic heterocycles. The molecule has 112 valence electrons. The van der Waals surface area contributed by atoms with Gasteiger partial charge in [-0.2, -0.15) is 0 Å². The lowest BCUT2D eigenvalue weighted by atomic mass is 10.1. The van der Waals surface area contributed by atoms with E-state index in [-0.39, 0.29) is 22.9 Å². The number of carboxylic acids is 1. The summed E-state index contributed by atoms with van der Waals surface area (Å²) in [6, 6.07) is 0. The van der Waals surface area contributed by atoms with Gasteiger partial charge in [-0.05, 0) is 31.7 Å². The minimum atomic E-state index is -3.58. The predicted octanol–water partition coefficient (Wildman–Crippen LogP) is 1.71. The molecule has 0 amide bonds. The average Bonchev–Trinajstić information content (AvgIpc) is 2.87. The summed E-state index contributed by atoms with van der Waals surface area (Å²) in [5.41, 5.74) is 0.896. The van der Waals surface area contributed by atoms with E-state index in [1.165, 1.54) is 11.3 Å². The van der Waals surface area contributed by atoms with E-state index in [0.29, 0.717) is 13.0 Å². The van der Waals surface area contributed by atoms with Crippen LogP contribution in [0.1, 0.15) is 34.1 Å². The zero-order valence-electron chi connectivity index (χ0n) is 11.1. The molecule has 0 aromatic carbocycles. The second-order valence-corrected chi connectivity index (χ2v) is 7.43. The molecular weight excluding hydrogens is 302 g/mol. The van der Waals surface area contributed by atoms with E-state index in [0.717, 1.165) is 23.3 Å². The number of carboxylic acid groups (broad SMARTS) is 1. The Morgan fingerprint density at radius 2 is 2.20 bits per heavy atom. The Morgan fingerprint density at radius 1 is 1.45 bits per heavy atom. The summed E-state index contributed by atoms with van der Waals surface area (Å²) < 4.78 is 31.2. The van der Waals surface area contributed by atoms with Crippen molar-refractivity contribution in [2.75, 3.05) is 23.7 Å². The first-order valence-electron chi connectivity index (χ1n) is 6.40. The van der Waals surface area contributed by atoms with Gasteiger partial charge in [0, 0.05) is 11.5 Å². The second-order valence-electron chi connectivity index (χ2n) is 4.48. The lowest BCUT2D eigenvalue weighted by molar-refractivity contribution is 0.0697. The number of carbonyl (C=O) groups is 1. The first kappa shape index (κ1) is 15.3. The van der Waals surface area contributed by atoms with E-state index in [4.69, 9.17) is 4.74 Å². The minimum Gasteiger partial charge on any atom is -0.478 e. The van der Waals surface area contributed by atoms with Crippen molar-refractivity contribution in [2.45, 2.75) is 26.2 Å². The molecule has 1 heterocycles. The molecule has 0 saturated heterocycles. The standard InChI is InChI=1S/C12H17NO5S2/c1-2-18-6-7-20(16,17)13-11-10(12(14)15)8-4-3-5-9(8)19-11/h13H,2-7H2,1H3,(H,14,15). The Morgan fingerprint density at radius 3 is 2.85 bits per heavy atom. The highest BCUT2D eigenvalue weighted by Crippen LogP contribution is 2.39. The summed E-state index contributed by atoms with van der Waals surface area (Å²) in [6.07, 6.45) is 2.45. The lowest BCUT2D eigenvalue weighted by Crippen LogP contribution is -2.21. The molecule has 2 rings (SSSR count). The van der Waals surface area contributed by atoms with Crippen LogP contribution < -0.4 is 4.72 Å². The first-order valence-corrected chi connectivity index (χ1v) is 8.87. The third kappa shape index (κ3) is 3.31. The summed E-state index contributed by atoms with van der Waals surface area (Å²) in [7, 11) is -3.58. The number of sulfonamides is 1. The Balaban J connectivity index is 2.19. The summed E-state index contributed by atoms with van der Waals surface area (Å²) in [4.78, 5) is 12.3. The second kappa shape index (κ2) is 6.11. The fraction of sp³-hybridized carbons (Fsp3) is 0.583. The number of hydrogen-bond acceptors (Lipinski definition) is 5. The van der Waals surface area contributed by atoms with Crippen LogP contribution in [0, 0.1) is 0 Å². The van der Waals surface area contributed by atoms with Crippen molar-refractivity contribution >= 4 is 32.3 Å². The third-order valence-electron chi connectivity index (χ3n) is 3.08. The van der Waals surface area contributed by atoms with E-state index in [1.54, 1.807) is 6.92 Å². The molecule has 1 aliphatic carbocycles. The van der Waals surface area contributed by atoms with Crippen LogP contribution in [-0.2, 0) is 27.6 Å². The van der Waals surface area contributed by atoms with E-state index in [2.05, 4.69) is 4.72 Å². The van der Waals surface area contributed by atoms with Crippen LogP contribution in [0.3, 0.4) is 0 Å². The molecule has 2 N–H and O–H groups in total. The number of aryl methyl sites for hydroxylation is 1. The Bertz CT molecular complexity index is 606. The molecule has 0 saturated carbocycles. The molecule has 0 spiro atoms. The molecule has 0 radical (unpaired) electrons. The van der Waals surface area contributed by atoms with Gasteiger partial charge in [-0.25, -0.2) is 13.2 Å². The number of rotatable bonds is 7. The highest BCUT2D eigenvalue weighted by molar-refractivity contribution is 7.92. The molecule has 6 nitrogen and oxygen atoms in total.